The van der Waals surface area contributed by atoms with Gasteiger partial charge in [-0.05, 0) is 116 Å². The molecule has 354 valence electrons. The van der Waals surface area contributed by atoms with Crippen molar-refractivity contribution in [3.63, 3.8) is 0 Å². The molecule has 6 heteroatoms. The van der Waals surface area contributed by atoms with Crippen molar-refractivity contribution in [2.24, 2.45) is 0 Å². The van der Waals surface area contributed by atoms with Crippen molar-refractivity contribution in [2.75, 3.05) is 13.2 Å². The first-order valence-electron chi connectivity index (χ1n) is 25.0. The van der Waals surface area contributed by atoms with Gasteiger partial charge in [0.2, 0.25) is 0 Å². The number of ether oxygens (including phenoxy) is 3. The Bertz CT molecular complexity index is 1370. The SMILES string of the molecule is CC/C=C\C/C=C\C/C=C\C/C=C\C/C=C\CCCC(=O)OCC(COC(=O)CCCCCCC/C=C\CCCC)OC(=O)CCCCCC/C=C\C/C=C\C/C=C\C/C=C\CC. The van der Waals surface area contributed by atoms with Crippen LogP contribution in [-0.4, -0.2) is 37.2 Å². The van der Waals surface area contributed by atoms with Gasteiger partial charge in [0.25, 0.3) is 0 Å². The smallest absolute Gasteiger partial charge is 0.306 e. The molecule has 0 aromatic carbocycles. The number of carbonyl (C=O) groups excluding carboxylic acids is 3. The predicted molar refractivity (Wildman–Crippen MR) is 269 cm³/mol. The molecule has 0 aliphatic heterocycles. The Morgan fingerprint density at radius 1 is 0.333 bits per heavy atom. The maximum Gasteiger partial charge on any atom is 0.306 e. The molecule has 0 aliphatic carbocycles. The van der Waals surface area contributed by atoms with E-state index in [0.717, 1.165) is 128 Å². The molecule has 0 heterocycles. The summed E-state index contributed by atoms with van der Waals surface area (Å²) in [5.41, 5.74) is 0. The van der Waals surface area contributed by atoms with Crippen molar-refractivity contribution in [1.82, 2.24) is 0 Å². The number of hydrogen-bond acceptors (Lipinski definition) is 6. The Hall–Kier alpha value is -4.19. The summed E-state index contributed by atoms with van der Waals surface area (Å²) >= 11 is 0. The minimum Gasteiger partial charge on any atom is -0.462 e. The molecule has 63 heavy (non-hydrogen) atoms. The summed E-state index contributed by atoms with van der Waals surface area (Å²) in [4.78, 5) is 37.9. The fourth-order valence-corrected chi connectivity index (χ4v) is 6.21. The van der Waals surface area contributed by atoms with Crippen molar-refractivity contribution in [1.29, 1.82) is 0 Å². The lowest BCUT2D eigenvalue weighted by Crippen LogP contribution is -2.30. The van der Waals surface area contributed by atoms with Gasteiger partial charge >= 0.3 is 17.9 Å². The van der Waals surface area contributed by atoms with E-state index in [1.807, 2.05) is 0 Å². The van der Waals surface area contributed by atoms with Crippen molar-refractivity contribution in [3.05, 3.63) is 122 Å². The van der Waals surface area contributed by atoms with Gasteiger partial charge in [0.1, 0.15) is 13.2 Å². The van der Waals surface area contributed by atoms with Crippen LogP contribution in [-0.2, 0) is 28.6 Å². The lowest BCUT2D eigenvalue weighted by Gasteiger charge is -2.18. The maximum atomic E-state index is 12.8. The highest BCUT2D eigenvalue weighted by Gasteiger charge is 2.19. The van der Waals surface area contributed by atoms with Crippen LogP contribution >= 0.6 is 0 Å². The van der Waals surface area contributed by atoms with Crippen LogP contribution in [0.15, 0.2) is 122 Å². The van der Waals surface area contributed by atoms with E-state index in [9.17, 15) is 14.4 Å². The van der Waals surface area contributed by atoms with Crippen molar-refractivity contribution < 1.29 is 28.6 Å². The van der Waals surface area contributed by atoms with Gasteiger partial charge in [0.05, 0.1) is 0 Å². The highest BCUT2D eigenvalue weighted by atomic mass is 16.6. The number of allylic oxidation sites excluding steroid dienone is 20. The van der Waals surface area contributed by atoms with Crippen LogP contribution < -0.4 is 0 Å². The Labute approximate surface area is 386 Å². The summed E-state index contributed by atoms with van der Waals surface area (Å²) in [6.45, 7) is 6.27. The Balaban J connectivity index is 4.55. The molecule has 0 aliphatic rings. The lowest BCUT2D eigenvalue weighted by atomic mass is 10.1. The molecule has 6 nitrogen and oxygen atoms in total. The largest absolute Gasteiger partial charge is 0.462 e. The first-order valence-corrected chi connectivity index (χ1v) is 25.0. The van der Waals surface area contributed by atoms with Gasteiger partial charge in [0, 0.05) is 19.3 Å². The molecule has 0 spiro atoms. The zero-order valence-electron chi connectivity index (χ0n) is 40.3. The molecule has 1 unspecified atom stereocenters. The van der Waals surface area contributed by atoms with Crippen LogP contribution in [0.2, 0.25) is 0 Å². The van der Waals surface area contributed by atoms with Crippen LogP contribution in [0.1, 0.15) is 201 Å². The predicted octanol–water partition coefficient (Wildman–Crippen LogP) is 16.5. The fourth-order valence-electron chi connectivity index (χ4n) is 6.21. The molecular weight excluding hydrogens is 781 g/mol. The van der Waals surface area contributed by atoms with Crippen LogP contribution in [0.4, 0.5) is 0 Å². The maximum absolute atomic E-state index is 12.8. The molecule has 0 saturated heterocycles. The van der Waals surface area contributed by atoms with Crippen molar-refractivity contribution in [2.45, 2.75) is 207 Å². The van der Waals surface area contributed by atoms with E-state index in [-0.39, 0.29) is 44.0 Å². The van der Waals surface area contributed by atoms with E-state index >= 15 is 0 Å². The lowest BCUT2D eigenvalue weighted by molar-refractivity contribution is -0.167. The van der Waals surface area contributed by atoms with E-state index < -0.39 is 6.10 Å². The second-order valence-corrected chi connectivity index (χ2v) is 16.0. The molecule has 0 aromatic rings. The monoisotopic (exact) mass is 871 g/mol. The van der Waals surface area contributed by atoms with Gasteiger partial charge in [-0.15, -0.1) is 0 Å². The van der Waals surface area contributed by atoms with Gasteiger partial charge in [-0.3, -0.25) is 14.4 Å². The Morgan fingerprint density at radius 2 is 0.635 bits per heavy atom. The van der Waals surface area contributed by atoms with Gasteiger partial charge in [-0.1, -0.05) is 187 Å². The first-order chi connectivity index (χ1) is 31.0. The standard InChI is InChI=1S/C57H90O6/c1-4-7-10-13-16-19-22-24-26-28-30-32-35-38-41-44-47-50-56(59)62-53-54(52-61-55(58)49-46-43-40-37-34-21-18-15-12-9-6-3)63-57(60)51-48-45-42-39-36-33-31-29-27-25-23-20-17-14-11-8-5-2/h7-8,10-11,15-20,24-27,30-33,38,41,54H,4-6,9,12-14,21-23,28-29,34-37,39-40,42-53H2,1-3H3/b10-7-,11-8-,18-15-,19-16-,20-17-,26-24-,27-25-,32-30-,33-31-,41-38-. The first kappa shape index (κ1) is 58.8. The van der Waals surface area contributed by atoms with Crippen LogP contribution in [0.25, 0.3) is 0 Å². The van der Waals surface area contributed by atoms with Crippen molar-refractivity contribution in [3.8, 4) is 0 Å². The molecule has 0 bridgehead atoms. The summed E-state index contributed by atoms with van der Waals surface area (Å²) in [7, 11) is 0. The minimum atomic E-state index is -0.820. The van der Waals surface area contributed by atoms with Gasteiger partial charge in [-0.2, -0.15) is 0 Å². The molecule has 0 fully saturated rings. The molecule has 0 radical (unpaired) electrons. The van der Waals surface area contributed by atoms with Gasteiger partial charge < -0.3 is 14.2 Å². The molecule has 0 amide bonds. The summed E-state index contributed by atoms with van der Waals surface area (Å²) in [6.07, 6.45) is 69.0. The minimum absolute atomic E-state index is 0.114. The zero-order chi connectivity index (χ0) is 45.8. The number of rotatable bonds is 43. The third kappa shape index (κ3) is 48.7. The fraction of sp³-hybridized carbons (Fsp3) is 0.596. The topological polar surface area (TPSA) is 78.9 Å². The molecule has 0 aromatic heterocycles. The zero-order valence-corrected chi connectivity index (χ0v) is 40.3. The molecule has 1 atom stereocenters. The van der Waals surface area contributed by atoms with E-state index in [1.165, 1.54) is 25.7 Å². The third-order valence-corrected chi connectivity index (χ3v) is 9.93. The second-order valence-electron chi connectivity index (χ2n) is 16.0. The molecular formula is C57H90O6. The highest BCUT2D eigenvalue weighted by Crippen LogP contribution is 2.12. The summed E-state index contributed by atoms with van der Waals surface area (Å²) in [6, 6.07) is 0. The summed E-state index contributed by atoms with van der Waals surface area (Å²) in [5.74, 6) is -1.02. The van der Waals surface area contributed by atoms with E-state index in [4.69, 9.17) is 14.2 Å². The van der Waals surface area contributed by atoms with Crippen molar-refractivity contribution >= 4 is 17.9 Å². The van der Waals surface area contributed by atoms with Crippen LogP contribution in [0.5, 0.6) is 0 Å². The number of hydrogen-bond donors (Lipinski definition) is 0. The van der Waals surface area contributed by atoms with E-state index in [0.29, 0.717) is 12.8 Å². The number of unbranched alkanes of at least 4 members (excludes halogenated alkanes) is 12. The molecule has 0 rings (SSSR count). The van der Waals surface area contributed by atoms with Gasteiger partial charge in [-0.25, -0.2) is 0 Å². The van der Waals surface area contributed by atoms with Gasteiger partial charge in [0.15, 0.2) is 6.10 Å². The average Bonchev–Trinajstić information content (AvgIpc) is 3.28. The second kappa shape index (κ2) is 50.5. The Morgan fingerprint density at radius 3 is 1.05 bits per heavy atom. The summed E-state index contributed by atoms with van der Waals surface area (Å²) in [5, 5.41) is 0. The van der Waals surface area contributed by atoms with E-state index in [2.05, 4.69) is 142 Å². The third-order valence-electron chi connectivity index (χ3n) is 9.93. The number of esters is 3. The Kier molecular flexibility index (Phi) is 47.1. The molecule has 0 saturated carbocycles. The normalized spacial score (nSPS) is 13.1. The van der Waals surface area contributed by atoms with Crippen LogP contribution in [0, 0.1) is 0 Å². The van der Waals surface area contributed by atoms with E-state index in [1.54, 1.807) is 0 Å². The average molecular weight is 871 g/mol. The molecule has 0 N–H and O–H groups in total. The van der Waals surface area contributed by atoms with Crippen LogP contribution in [0.3, 0.4) is 0 Å². The quantitative estimate of drug-likeness (QED) is 0.0263. The highest BCUT2D eigenvalue weighted by molar-refractivity contribution is 5.71. The number of carbonyl (C=O) groups is 3. The summed E-state index contributed by atoms with van der Waals surface area (Å²) < 4.78 is 16.7.